The first kappa shape index (κ1) is 17.6. The second kappa shape index (κ2) is 8.16. The van der Waals surface area contributed by atoms with Crippen molar-refractivity contribution in [2.24, 2.45) is 0 Å². The number of hydrogen-bond acceptors (Lipinski definition) is 5. The average Bonchev–Trinajstić information content (AvgIpc) is 2.58. The van der Waals surface area contributed by atoms with E-state index in [1.54, 1.807) is 43.5 Å². The highest BCUT2D eigenvalue weighted by atomic mass is 32.1. The summed E-state index contributed by atoms with van der Waals surface area (Å²) >= 11 is 5.01. The Morgan fingerprint density at radius 2 is 2.00 bits per heavy atom. The Morgan fingerprint density at radius 3 is 2.62 bits per heavy atom. The quantitative estimate of drug-likeness (QED) is 0.595. The Labute approximate surface area is 144 Å². The number of aromatic amines is 1. The van der Waals surface area contributed by atoms with Crippen LogP contribution in [0, 0.1) is 4.77 Å². The number of aromatic hydroxyl groups is 1. The van der Waals surface area contributed by atoms with E-state index in [-0.39, 0.29) is 22.8 Å². The van der Waals surface area contributed by atoms with Crippen LogP contribution in [0.2, 0.25) is 0 Å². The van der Waals surface area contributed by atoms with E-state index in [1.807, 2.05) is 0 Å². The molecule has 126 valence electrons. The zero-order valence-corrected chi connectivity index (χ0v) is 14.0. The molecule has 1 aromatic heterocycles. The van der Waals surface area contributed by atoms with Crippen LogP contribution < -0.4 is 15.0 Å². The Hall–Kier alpha value is -2.80. The van der Waals surface area contributed by atoms with Crippen LogP contribution in [-0.2, 0) is 6.54 Å². The maximum Gasteiger partial charge on any atom is 0.262 e. The molecule has 1 heterocycles. The summed E-state index contributed by atoms with van der Waals surface area (Å²) in [6.45, 7) is 4.13. The van der Waals surface area contributed by atoms with Crippen molar-refractivity contribution in [1.82, 2.24) is 9.55 Å². The van der Waals surface area contributed by atoms with E-state index in [0.717, 1.165) is 5.75 Å². The molecule has 2 rings (SSSR count). The summed E-state index contributed by atoms with van der Waals surface area (Å²) in [4.78, 5) is 14.4. The van der Waals surface area contributed by atoms with Crippen molar-refractivity contribution < 1.29 is 14.6 Å². The molecule has 0 aliphatic heterocycles. The van der Waals surface area contributed by atoms with Crippen LogP contribution >= 0.6 is 12.2 Å². The largest absolute Gasteiger partial charge is 0.497 e. The molecular weight excluding hydrogens is 328 g/mol. The molecule has 0 bridgehead atoms. The standard InChI is InChI=1S/C17H18N2O4S/c1-3-10-19-16(21)14(15(20)18-17(19)24)5-4-11-23-13-8-6-12(22-2)7-9-13/h3-9,21H,1,10-11H2,2H3,(H,18,20,24). The highest BCUT2D eigenvalue weighted by Gasteiger charge is 2.08. The Bertz CT molecular complexity index is 850. The molecule has 2 N–H and O–H groups in total. The van der Waals surface area contributed by atoms with Crippen LogP contribution in [0.1, 0.15) is 5.56 Å². The molecule has 24 heavy (non-hydrogen) atoms. The fourth-order valence-electron chi connectivity index (χ4n) is 2.01. The number of benzene rings is 1. The molecule has 0 aliphatic rings. The second-order valence-corrected chi connectivity index (χ2v) is 5.17. The van der Waals surface area contributed by atoms with Crippen LogP contribution in [0.25, 0.3) is 6.08 Å². The molecule has 1 aromatic carbocycles. The van der Waals surface area contributed by atoms with Gasteiger partial charge in [-0.05, 0) is 48.6 Å². The highest BCUT2D eigenvalue weighted by molar-refractivity contribution is 7.71. The number of hydrogen-bond donors (Lipinski definition) is 2. The lowest BCUT2D eigenvalue weighted by molar-refractivity contribution is 0.361. The molecule has 0 saturated carbocycles. The van der Waals surface area contributed by atoms with Crippen LogP contribution in [0.15, 0.2) is 47.8 Å². The van der Waals surface area contributed by atoms with Gasteiger partial charge in [0.05, 0.1) is 12.7 Å². The smallest absolute Gasteiger partial charge is 0.262 e. The van der Waals surface area contributed by atoms with E-state index < -0.39 is 5.56 Å². The topological polar surface area (TPSA) is 76.5 Å². The van der Waals surface area contributed by atoms with Crippen LogP contribution in [0.4, 0.5) is 0 Å². The zero-order chi connectivity index (χ0) is 17.5. The van der Waals surface area contributed by atoms with Crippen LogP contribution in [-0.4, -0.2) is 28.4 Å². The van der Waals surface area contributed by atoms with Gasteiger partial charge in [-0.2, -0.15) is 0 Å². The fourth-order valence-corrected chi connectivity index (χ4v) is 2.26. The number of H-pyrrole nitrogens is 1. The van der Waals surface area contributed by atoms with Crippen LogP contribution in [0.3, 0.4) is 0 Å². The van der Waals surface area contributed by atoms with Crippen LogP contribution in [0.5, 0.6) is 17.4 Å². The molecule has 0 radical (unpaired) electrons. The number of nitrogens with one attached hydrogen (secondary N) is 1. The lowest BCUT2D eigenvalue weighted by Gasteiger charge is -2.08. The van der Waals surface area contributed by atoms with Gasteiger partial charge in [-0.3, -0.25) is 14.3 Å². The van der Waals surface area contributed by atoms with Crippen molar-refractivity contribution in [2.75, 3.05) is 13.7 Å². The van der Waals surface area contributed by atoms with Crippen molar-refractivity contribution in [3.8, 4) is 17.4 Å². The first-order chi connectivity index (χ1) is 11.6. The van der Waals surface area contributed by atoms with E-state index >= 15 is 0 Å². The van der Waals surface area contributed by atoms with E-state index in [2.05, 4.69) is 11.6 Å². The third kappa shape index (κ3) is 4.14. The average molecular weight is 346 g/mol. The van der Waals surface area contributed by atoms with Gasteiger partial charge in [-0.1, -0.05) is 6.08 Å². The minimum absolute atomic E-state index is 0.115. The van der Waals surface area contributed by atoms with E-state index in [4.69, 9.17) is 21.7 Å². The number of aromatic nitrogens is 2. The Kier molecular flexibility index (Phi) is 5.97. The summed E-state index contributed by atoms with van der Waals surface area (Å²) in [7, 11) is 1.59. The highest BCUT2D eigenvalue weighted by Crippen LogP contribution is 2.17. The van der Waals surface area contributed by atoms with Crippen molar-refractivity contribution in [3.05, 3.63) is 63.7 Å². The third-order valence-electron chi connectivity index (χ3n) is 3.21. The zero-order valence-electron chi connectivity index (χ0n) is 13.2. The molecule has 0 saturated heterocycles. The van der Waals surface area contributed by atoms with Gasteiger partial charge in [-0.25, -0.2) is 0 Å². The summed E-state index contributed by atoms with van der Waals surface area (Å²) < 4.78 is 12.1. The Balaban J connectivity index is 2.11. The number of ether oxygens (including phenoxy) is 2. The van der Waals surface area contributed by atoms with Gasteiger partial charge in [-0.15, -0.1) is 6.58 Å². The van der Waals surface area contributed by atoms with E-state index in [0.29, 0.717) is 12.3 Å². The summed E-state index contributed by atoms with van der Waals surface area (Å²) in [5, 5.41) is 10.2. The molecule has 7 heteroatoms. The molecule has 0 aliphatic carbocycles. The molecule has 0 spiro atoms. The molecule has 6 nitrogen and oxygen atoms in total. The monoisotopic (exact) mass is 346 g/mol. The lowest BCUT2D eigenvalue weighted by Crippen LogP contribution is -2.16. The summed E-state index contributed by atoms with van der Waals surface area (Å²) in [5.41, 5.74) is -0.345. The summed E-state index contributed by atoms with van der Waals surface area (Å²) in [6, 6.07) is 7.13. The minimum Gasteiger partial charge on any atom is -0.497 e. The molecule has 2 aromatic rings. The molecular formula is C17H18N2O4S. The van der Waals surface area contributed by atoms with Gasteiger partial charge in [0.15, 0.2) is 4.77 Å². The normalized spacial score (nSPS) is 10.7. The number of nitrogens with zero attached hydrogens (tertiary/aromatic N) is 1. The second-order valence-electron chi connectivity index (χ2n) is 4.78. The third-order valence-corrected chi connectivity index (χ3v) is 3.53. The first-order valence-corrected chi connectivity index (χ1v) is 7.58. The summed E-state index contributed by atoms with van der Waals surface area (Å²) in [5.74, 6) is 1.20. The lowest BCUT2D eigenvalue weighted by atomic mass is 10.3. The van der Waals surface area contributed by atoms with Gasteiger partial charge < -0.3 is 14.6 Å². The van der Waals surface area contributed by atoms with Gasteiger partial charge in [0.25, 0.3) is 5.56 Å². The molecule has 0 amide bonds. The number of allylic oxidation sites excluding steroid dienone is 1. The van der Waals surface area contributed by atoms with Crippen molar-refractivity contribution in [1.29, 1.82) is 0 Å². The maximum absolute atomic E-state index is 11.9. The SMILES string of the molecule is C=CCn1c(O)c(C=CCOc2ccc(OC)cc2)c(=O)[nH]c1=S. The molecule has 0 atom stereocenters. The van der Waals surface area contributed by atoms with Crippen molar-refractivity contribution in [3.63, 3.8) is 0 Å². The Morgan fingerprint density at radius 1 is 1.33 bits per heavy atom. The van der Waals surface area contributed by atoms with Gasteiger partial charge in [0, 0.05) is 6.54 Å². The van der Waals surface area contributed by atoms with E-state index in [1.165, 1.54) is 10.6 Å². The fraction of sp³-hybridized carbons (Fsp3) is 0.176. The first-order valence-electron chi connectivity index (χ1n) is 7.17. The predicted octanol–water partition coefficient (Wildman–Crippen LogP) is 2.90. The minimum atomic E-state index is -0.460. The van der Waals surface area contributed by atoms with E-state index in [9.17, 15) is 9.90 Å². The molecule has 0 fully saturated rings. The van der Waals surface area contributed by atoms with Gasteiger partial charge >= 0.3 is 0 Å². The predicted molar refractivity (Wildman–Crippen MR) is 95.3 cm³/mol. The summed E-state index contributed by atoms with van der Waals surface area (Å²) in [6.07, 6.45) is 4.70. The number of methoxy groups -OCH3 is 1. The van der Waals surface area contributed by atoms with Gasteiger partial charge in [0.2, 0.25) is 5.88 Å². The van der Waals surface area contributed by atoms with Crippen molar-refractivity contribution >= 4 is 18.3 Å². The van der Waals surface area contributed by atoms with Crippen molar-refractivity contribution in [2.45, 2.75) is 6.54 Å². The number of rotatable bonds is 7. The maximum atomic E-state index is 11.9. The molecule has 0 unspecified atom stereocenters. The van der Waals surface area contributed by atoms with Gasteiger partial charge in [0.1, 0.15) is 18.1 Å².